The minimum atomic E-state index is -0.590. The number of rotatable bonds is 2. The third-order valence-corrected chi connectivity index (χ3v) is 2.67. The fourth-order valence-corrected chi connectivity index (χ4v) is 1.90. The highest BCUT2D eigenvalue weighted by Gasteiger charge is 2.23. The van der Waals surface area contributed by atoms with Crippen molar-refractivity contribution < 1.29 is 9.50 Å². The second kappa shape index (κ2) is 6.61. The topological polar surface area (TPSA) is 32.3 Å². The molecular weight excluding hydrogens is 205 g/mol. The lowest BCUT2D eigenvalue weighted by molar-refractivity contribution is 0.137. The van der Waals surface area contributed by atoms with Crippen LogP contribution in [-0.4, -0.2) is 17.7 Å². The molecule has 1 saturated heterocycles. The Hall–Kier alpha value is -0.930. The van der Waals surface area contributed by atoms with Gasteiger partial charge < -0.3 is 10.4 Å². The molecule has 0 saturated carbocycles. The normalized spacial score (nSPS) is 21.1. The van der Waals surface area contributed by atoms with Crippen molar-refractivity contribution in [3.8, 4) is 0 Å². The van der Waals surface area contributed by atoms with E-state index in [1.807, 2.05) is 13.8 Å². The molecule has 2 atom stereocenters. The van der Waals surface area contributed by atoms with E-state index in [0.29, 0.717) is 5.56 Å². The van der Waals surface area contributed by atoms with Crippen LogP contribution in [0.4, 0.5) is 4.39 Å². The number of aliphatic hydroxyl groups is 1. The molecule has 90 valence electrons. The fraction of sp³-hybridized carbons (Fsp3) is 0.538. The Morgan fingerprint density at radius 3 is 2.75 bits per heavy atom. The molecule has 0 spiro atoms. The van der Waals surface area contributed by atoms with Crippen molar-refractivity contribution in [2.75, 3.05) is 6.54 Å². The number of hydrogen-bond donors (Lipinski definition) is 2. The highest BCUT2D eigenvalue weighted by molar-refractivity contribution is 5.20. The average Bonchev–Trinajstić information content (AvgIpc) is 2.84. The molecule has 3 heteroatoms. The summed E-state index contributed by atoms with van der Waals surface area (Å²) in [7, 11) is 0. The van der Waals surface area contributed by atoms with Crippen LogP contribution < -0.4 is 5.32 Å². The summed E-state index contributed by atoms with van der Waals surface area (Å²) in [6, 6.07) is 6.25. The molecule has 1 fully saturated rings. The van der Waals surface area contributed by atoms with Crippen LogP contribution in [0.15, 0.2) is 24.3 Å². The van der Waals surface area contributed by atoms with Gasteiger partial charge in [0.15, 0.2) is 0 Å². The zero-order valence-electron chi connectivity index (χ0n) is 9.91. The molecule has 1 aliphatic rings. The molecule has 2 N–H and O–H groups in total. The van der Waals surface area contributed by atoms with Gasteiger partial charge >= 0.3 is 0 Å². The van der Waals surface area contributed by atoms with Gasteiger partial charge in [-0.3, -0.25) is 0 Å². The highest BCUT2D eigenvalue weighted by atomic mass is 19.1. The van der Waals surface area contributed by atoms with Gasteiger partial charge in [0.25, 0.3) is 0 Å². The Kier molecular flexibility index (Phi) is 5.43. The van der Waals surface area contributed by atoms with E-state index in [9.17, 15) is 9.50 Å². The Balaban J connectivity index is 0.000000606. The first kappa shape index (κ1) is 13.1. The summed E-state index contributed by atoms with van der Waals surface area (Å²) < 4.78 is 12.9. The summed E-state index contributed by atoms with van der Waals surface area (Å²) in [4.78, 5) is 0. The molecule has 0 aliphatic carbocycles. The molecule has 16 heavy (non-hydrogen) atoms. The SMILES string of the molecule is CC.OC(c1cccc(F)c1)C1CCCN1. The molecule has 2 rings (SSSR count). The maximum absolute atomic E-state index is 12.9. The van der Waals surface area contributed by atoms with Crippen LogP contribution in [-0.2, 0) is 0 Å². The van der Waals surface area contributed by atoms with Crippen molar-refractivity contribution in [2.45, 2.75) is 38.8 Å². The molecule has 1 aromatic carbocycles. The molecular formula is C13H20FNO. The van der Waals surface area contributed by atoms with Crippen LogP contribution >= 0.6 is 0 Å². The van der Waals surface area contributed by atoms with Gasteiger partial charge in [0.2, 0.25) is 0 Å². The number of aliphatic hydroxyl groups excluding tert-OH is 1. The molecule has 0 bridgehead atoms. The van der Waals surface area contributed by atoms with Crippen LogP contribution in [0.1, 0.15) is 38.4 Å². The minimum absolute atomic E-state index is 0.0804. The highest BCUT2D eigenvalue weighted by Crippen LogP contribution is 2.23. The predicted octanol–water partition coefficient (Wildman–Crippen LogP) is 2.64. The zero-order chi connectivity index (χ0) is 12.0. The Morgan fingerprint density at radius 2 is 2.19 bits per heavy atom. The molecule has 2 unspecified atom stereocenters. The lowest BCUT2D eigenvalue weighted by Gasteiger charge is -2.18. The first-order chi connectivity index (χ1) is 7.77. The molecule has 1 aromatic rings. The summed E-state index contributed by atoms with van der Waals surface area (Å²) in [6.07, 6.45) is 1.45. The van der Waals surface area contributed by atoms with Crippen molar-refractivity contribution in [3.63, 3.8) is 0 Å². The second-order valence-corrected chi connectivity index (χ2v) is 3.70. The smallest absolute Gasteiger partial charge is 0.123 e. The van der Waals surface area contributed by atoms with Crippen LogP contribution in [0.5, 0.6) is 0 Å². The number of nitrogens with one attached hydrogen (secondary N) is 1. The second-order valence-electron chi connectivity index (χ2n) is 3.70. The van der Waals surface area contributed by atoms with Gasteiger partial charge in [0.05, 0.1) is 6.10 Å². The van der Waals surface area contributed by atoms with Crippen LogP contribution in [0.3, 0.4) is 0 Å². The van der Waals surface area contributed by atoms with Gasteiger partial charge in [0.1, 0.15) is 5.82 Å². The van der Waals surface area contributed by atoms with E-state index in [-0.39, 0.29) is 11.9 Å². The van der Waals surface area contributed by atoms with Gasteiger partial charge in [-0.1, -0.05) is 26.0 Å². The zero-order valence-corrected chi connectivity index (χ0v) is 9.91. The maximum atomic E-state index is 12.9. The van der Waals surface area contributed by atoms with Gasteiger partial charge in [0, 0.05) is 6.04 Å². The van der Waals surface area contributed by atoms with Crippen LogP contribution in [0.25, 0.3) is 0 Å². The van der Waals surface area contributed by atoms with Gasteiger partial charge in [-0.15, -0.1) is 0 Å². The Bertz CT molecular complexity index is 311. The molecule has 1 heterocycles. The first-order valence-corrected chi connectivity index (χ1v) is 5.94. The Morgan fingerprint density at radius 1 is 1.44 bits per heavy atom. The van der Waals surface area contributed by atoms with Crippen molar-refractivity contribution in [1.82, 2.24) is 5.32 Å². The van der Waals surface area contributed by atoms with E-state index in [2.05, 4.69) is 5.32 Å². The summed E-state index contributed by atoms with van der Waals surface area (Å²) >= 11 is 0. The standard InChI is InChI=1S/C11H14FNO.C2H6/c12-9-4-1-3-8(7-9)11(14)10-5-2-6-13-10;1-2/h1,3-4,7,10-11,13-14H,2,5-6H2;1-2H3. The number of halogens is 1. The average molecular weight is 225 g/mol. The Labute approximate surface area is 96.5 Å². The van der Waals surface area contributed by atoms with Crippen molar-refractivity contribution in [2.24, 2.45) is 0 Å². The lowest BCUT2D eigenvalue weighted by Crippen LogP contribution is -2.28. The number of hydrogen-bond acceptors (Lipinski definition) is 2. The lowest BCUT2D eigenvalue weighted by atomic mass is 10.0. The predicted molar refractivity (Wildman–Crippen MR) is 63.7 cm³/mol. The fourth-order valence-electron chi connectivity index (χ4n) is 1.90. The quantitative estimate of drug-likeness (QED) is 0.811. The molecule has 2 nitrogen and oxygen atoms in total. The van der Waals surface area contributed by atoms with E-state index < -0.39 is 6.10 Å². The third kappa shape index (κ3) is 3.29. The van der Waals surface area contributed by atoms with Crippen molar-refractivity contribution in [1.29, 1.82) is 0 Å². The van der Waals surface area contributed by atoms with E-state index in [4.69, 9.17) is 0 Å². The summed E-state index contributed by atoms with van der Waals surface area (Å²) in [5.74, 6) is -0.292. The maximum Gasteiger partial charge on any atom is 0.123 e. The van der Waals surface area contributed by atoms with Gasteiger partial charge in [-0.2, -0.15) is 0 Å². The van der Waals surface area contributed by atoms with E-state index >= 15 is 0 Å². The molecule has 0 amide bonds. The van der Waals surface area contributed by atoms with Gasteiger partial charge in [-0.05, 0) is 37.1 Å². The summed E-state index contributed by atoms with van der Waals surface area (Å²) in [5, 5.41) is 13.1. The van der Waals surface area contributed by atoms with E-state index in [0.717, 1.165) is 19.4 Å². The van der Waals surface area contributed by atoms with Gasteiger partial charge in [-0.25, -0.2) is 4.39 Å². The molecule has 0 radical (unpaired) electrons. The summed E-state index contributed by atoms with van der Waals surface area (Å²) in [5.41, 5.74) is 0.657. The van der Waals surface area contributed by atoms with E-state index in [1.54, 1.807) is 12.1 Å². The van der Waals surface area contributed by atoms with Crippen LogP contribution in [0.2, 0.25) is 0 Å². The van der Waals surface area contributed by atoms with E-state index in [1.165, 1.54) is 12.1 Å². The largest absolute Gasteiger partial charge is 0.387 e. The summed E-state index contributed by atoms with van der Waals surface area (Å²) in [6.45, 7) is 4.94. The molecule has 0 aromatic heterocycles. The van der Waals surface area contributed by atoms with Crippen molar-refractivity contribution >= 4 is 0 Å². The van der Waals surface area contributed by atoms with Crippen molar-refractivity contribution in [3.05, 3.63) is 35.6 Å². The molecule has 1 aliphatic heterocycles. The van der Waals surface area contributed by atoms with Crippen LogP contribution in [0, 0.1) is 5.82 Å². The first-order valence-electron chi connectivity index (χ1n) is 5.94. The minimum Gasteiger partial charge on any atom is -0.387 e. The third-order valence-electron chi connectivity index (χ3n) is 2.67. The monoisotopic (exact) mass is 225 g/mol. The number of benzene rings is 1.